The van der Waals surface area contributed by atoms with Gasteiger partial charge in [0.15, 0.2) is 0 Å². The van der Waals surface area contributed by atoms with Crippen molar-refractivity contribution in [2.75, 3.05) is 25.1 Å². The van der Waals surface area contributed by atoms with Crippen molar-refractivity contribution in [1.82, 2.24) is 10.3 Å². The summed E-state index contributed by atoms with van der Waals surface area (Å²) in [6.45, 7) is 5.37. The molecule has 1 aromatic heterocycles. The number of nitrogens with one attached hydrogen (secondary N) is 2. The lowest BCUT2D eigenvalue weighted by Gasteiger charge is -2.40. The SMILES string of the molecule is CC1(Nc2cc(Cl)ncc2C(=O)NCC(F)C(C)(C)O)COC1. The molecule has 1 aliphatic rings. The zero-order valence-electron chi connectivity index (χ0n) is 13.3. The second-order valence-corrected chi connectivity index (χ2v) is 6.95. The first-order valence-corrected chi connectivity index (χ1v) is 7.65. The summed E-state index contributed by atoms with van der Waals surface area (Å²) in [5.74, 6) is -0.493. The highest BCUT2D eigenvalue weighted by Crippen LogP contribution is 2.26. The number of carbonyl (C=O) groups excluding carboxylic acids is 1. The maximum Gasteiger partial charge on any atom is 0.255 e. The molecule has 1 atom stereocenters. The number of ether oxygens (including phenoxy) is 1. The van der Waals surface area contributed by atoms with Gasteiger partial charge in [-0.25, -0.2) is 9.37 Å². The van der Waals surface area contributed by atoms with Gasteiger partial charge >= 0.3 is 0 Å². The summed E-state index contributed by atoms with van der Waals surface area (Å²) >= 11 is 5.89. The van der Waals surface area contributed by atoms with Crippen molar-refractivity contribution < 1.29 is 19.0 Å². The lowest BCUT2D eigenvalue weighted by Crippen LogP contribution is -2.53. The van der Waals surface area contributed by atoms with Crippen molar-refractivity contribution in [3.63, 3.8) is 0 Å². The topological polar surface area (TPSA) is 83.5 Å². The van der Waals surface area contributed by atoms with E-state index in [1.54, 1.807) is 6.07 Å². The van der Waals surface area contributed by atoms with Gasteiger partial charge in [0.2, 0.25) is 0 Å². The summed E-state index contributed by atoms with van der Waals surface area (Å²) < 4.78 is 18.9. The molecule has 1 saturated heterocycles. The van der Waals surface area contributed by atoms with Crippen LogP contribution in [0.15, 0.2) is 12.3 Å². The number of hydrogen-bond donors (Lipinski definition) is 3. The predicted molar refractivity (Wildman–Crippen MR) is 85.6 cm³/mol. The molecule has 6 nitrogen and oxygen atoms in total. The van der Waals surface area contributed by atoms with Crippen molar-refractivity contribution in [3.05, 3.63) is 23.0 Å². The van der Waals surface area contributed by atoms with E-state index in [1.165, 1.54) is 20.0 Å². The molecule has 1 amide bonds. The second-order valence-electron chi connectivity index (χ2n) is 6.56. The highest BCUT2D eigenvalue weighted by atomic mass is 35.5. The fourth-order valence-corrected chi connectivity index (χ4v) is 2.20. The third-order valence-electron chi connectivity index (χ3n) is 3.60. The summed E-state index contributed by atoms with van der Waals surface area (Å²) in [5.41, 5.74) is -1.05. The van der Waals surface area contributed by atoms with Crippen LogP contribution in [0.4, 0.5) is 10.1 Å². The average Bonchev–Trinajstić information content (AvgIpc) is 2.41. The van der Waals surface area contributed by atoms with Gasteiger partial charge in [0.1, 0.15) is 11.3 Å². The summed E-state index contributed by atoms with van der Waals surface area (Å²) in [5, 5.41) is 15.5. The minimum Gasteiger partial charge on any atom is -0.387 e. The number of pyridine rings is 1. The molecule has 0 saturated carbocycles. The van der Waals surface area contributed by atoms with Crippen molar-refractivity contribution in [2.45, 2.75) is 38.1 Å². The van der Waals surface area contributed by atoms with Crippen LogP contribution >= 0.6 is 11.6 Å². The maximum atomic E-state index is 13.8. The molecule has 0 aromatic carbocycles. The molecule has 2 rings (SSSR count). The summed E-state index contributed by atoms with van der Waals surface area (Å²) in [7, 11) is 0. The lowest BCUT2D eigenvalue weighted by atomic mass is 9.99. The van der Waals surface area contributed by atoms with Gasteiger partial charge in [-0.15, -0.1) is 0 Å². The number of hydrogen-bond acceptors (Lipinski definition) is 5. The molecule has 8 heteroatoms. The van der Waals surface area contributed by atoms with E-state index in [1.807, 2.05) is 6.92 Å². The second kappa shape index (κ2) is 6.59. The third-order valence-corrected chi connectivity index (χ3v) is 3.81. The molecule has 23 heavy (non-hydrogen) atoms. The minimum atomic E-state index is -1.58. The van der Waals surface area contributed by atoms with Crippen LogP contribution in [0.2, 0.25) is 5.15 Å². The van der Waals surface area contributed by atoms with Crippen molar-refractivity contribution >= 4 is 23.2 Å². The molecule has 0 aliphatic carbocycles. The van der Waals surface area contributed by atoms with Gasteiger partial charge in [-0.3, -0.25) is 4.79 Å². The number of aliphatic hydroxyl groups is 1. The fraction of sp³-hybridized carbons (Fsp3) is 0.600. The van der Waals surface area contributed by atoms with E-state index in [0.29, 0.717) is 18.9 Å². The Morgan fingerprint density at radius 3 is 2.78 bits per heavy atom. The van der Waals surface area contributed by atoms with E-state index in [0.717, 1.165) is 0 Å². The Bertz CT molecular complexity index is 588. The van der Waals surface area contributed by atoms with Crippen molar-refractivity contribution in [3.8, 4) is 0 Å². The van der Waals surface area contributed by atoms with Gasteiger partial charge in [0, 0.05) is 6.20 Å². The maximum absolute atomic E-state index is 13.8. The molecule has 1 unspecified atom stereocenters. The van der Waals surface area contributed by atoms with Gasteiger partial charge in [0.05, 0.1) is 42.1 Å². The van der Waals surface area contributed by atoms with Gasteiger partial charge < -0.3 is 20.5 Å². The van der Waals surface area contributed by atoms with Crippen LogP contribution in [0.1, 0.15) is 31.1 Å². The van der Waals surface area contributed by atoms with Crippen molar-refractivity contribution in [1.29, 1.82) is 0 Å². The molecule has 0 bridgehead atoms. The van der Waals surface area contributed by atoms with Crippen LogP contribution in [0.3, 0.4) is 0 Å². The van der Waals surface area contributed by atoms with Crippen molar-refractivity contribution in [2.24, 2.45) is 0 Å². The van der Waals surface area contributed by atoms with E-state index >= 15 is 0 Å². The van der Waals surface area contributed by atoms with Crippen LogP contribution in [-0.2, 0) is 4.74 Å². The quantitative estimate of drug-likeness (QED) is 0.684. The molecule has 1 aliphatic heterocycles. The third kappa shape index (κ3) is 4.53. The molecule has 0 spiro atoms. The highest BCUT2D eigenvalue weighted by molar-refractivity contribution is 6.29. The van der Waals surface area contributed by atoms with E-state index in [4.69, 9.17) is 16.3 Å². The molecule has 1 fully saturated rings. The lowest BCUT2D eigenvalue weighted by molar-refractivity contribution is -0.0318. The number of nitrogens with zero attached hydrogens (tertiary/aromatic N) is 1. The molecular formula is C15H21ClFN3O3. The van der Waals surface area contributed by atoms with E-state index in [2.05, 4.69) is 15.6 Å². The van der Waals surface area contributed by atoms with Crippen LogP contribution in [0.25, 0.3) is 0 Å². The van der Waals surface area contributed by atoms with Crippen LogP contribution in [0, 0.1) is 0 Å². The Kier molecular flexibility index (Phi) is 5.13. The summed E-state index contributed by atoms with van der Waals surface area (Å²) in [6.07, 6.45) is -0.249. The Labute approximate surface area is 139 Å². The van der Waals surface area contributed by atoms with E-state index in [-0.39, 0.29) is 22.8 Å². The molecule has 3 N–H and O–H groups in total. The van der Waals surface area contributed by atoms with Crippen LogP contribution < -0.4 is 10.6 Å². The Hall–Kier alpha value is -1.44. The number of carbonyl (C=O) groups is 1. The minimum absolute atomic E-state index is 0.243. The Balaban J connectivity index is 2.10. The number of anilines is 1. The standard InChI is InChI=1S/C15H21ClFN3O3/c1-14(2,22)11(17)6-19-13(21)9-5-18-12(16)4-10(9)20-15(3)7-23-8-15/h4-5,11,22H,6-8H2,1-3H3,(H,18,20)(H,19,21). The molecule has 0 radical (unpaired) electrons. The van der Waals surface area contributed by atoms with E-state index < -0.39 is 17.7 Å². The monoisotopic (exact) mass is 345 g/mol. The molecule has 1 aromatic rings. The number of aromatic nitrogens is 1. The largest absolute Gasteiger partial charge is 0.387 e. The van der Waals surface area contributed by atoms with Crippen LogP contribution in [-0.4, -0.2) is 53.1 Å². The van der Waals surface area contributed by atoms with Gasteiger partial charge in [-0.2, -0.15) is 0 Å². The smallest absolute Gasteiger partial charge is 0.255 e. The number of rotatable bonds is 6. The fourth-order valence-electron chi connectivity index (χ4n) is 2.05. The van der Waals surface area contributed by atoms with Gasteiger partial charge in [-0.05, 0) is 26.8 Å². The molecule has 128 valence electrons. The number of amides is 1. The summed E-state index contributed by atoms with van der Waals surface area (Å²) in [4.78, 5) is 16.2. The molecule has 2 heterocycles. The average molecular weight is 346 g/mol. The van der Waals surface area contributed by atoms with Gasteiger partial charge in [0.25, 0.3) is 5.91 Å². The van der Waals surface area contributed by atoms with Crippen LogP contribution in [0.5, 0.6) is 0 Å². The Morgan fingerprint density at radius 2 is 2.26 bits per heavy atom. The highest BCUT2D eigenvalue weighted by Gasteiger charge is 2.34. The number of halogens is 2. The van der Waals surface area contributed by atoms with Gasteiger partial charge in [-0.1, -0.05) is 11.6 Å². The first-order chi connectivity index (χ1) is 10.6. The first kappa shape index (κ1) is 17.9. The normalized spacial score (nSPS) is 18.0. The first-order valence-electron chi connectivity index (χ1n) is 7.27. The van der Waals surface area contributed by atoms with E-state index in [9.17, 15) is 14.3 Å². The molecular weight excluding hydrogens is 325 g/mol. The zero-order chi connectivity index (χ0) is 17.3. The predicted octanol–water partition coefficient (Wildman–Crippen LogP) is 1.77. The number of alkyl halides is 1. The zero-order valence-corrected chi connectivity index (χ0v) is 14.1. The summed E-state index contributed by atoms with van der Waals surface area (Å²) in [6, 6.07) is 1.54. The Morgan fingerprint density at radius 1 is 1.61 bits per heavy atom.